The number of rotatable bonds is 10. The van der Waals surface area contributed by atoms with Crippen LogP contribution in [-0.4, -0.2) is 51.0 Å². The van der Waals surface area contributed by atoms with Crippen molar-refractivity contribution in [2.75, 3.05) is 24.2 Å². The number of hydrogen-bond acceptors (Lipinski definition) is 4. The van der Waals surface area contributed by atoms with Gasteiger partial charge in [-0.3, -0.25) is 13.9 Å². The lowest BCUT2D eigenvalue weighted by Gasteiger charge is -2.33. The normalized spacial score (nSPS) is 12.5. The van der Waals surface area contributed by atoms with Gasteiger partial charge in [0.05, 0.1) is 22.5 Å². The largest absolute Gasteiger partial charge is 0.416 e. The number of nitrogens with zero attached hydrogens (tertiary/aromatic N) is 2. The number of amides is 2. The fraction of sp³-hybridized carbons (Fsp3) is 0.259. The van der Waals surface area contributed by atoms with Crippen molar-refractivity contribution < 1.29 is 31.2 Å². The predicted octanol–water partition coefficient (Wildman–Crippen LogP) is 5.27. The zero-order valence-corrected chi connectivity index (χ0v) is 24.6. The molecule has 214 valence electrons. The molecule has 2 amide bonds. The second-order valence-corrected chi connectivity index (χ2v) is 12.1. The fourth-order valence-electron chi connectivity index (χ4n) is 4.03. The van der Waals surface area contributed by atoms with E-state index in [0.29, 0.717) is 20.4 Å². The first-order valence-corrected chi connectivity index (χ1v) is 14.9. The van der Waals surface area contributed by atoms with Crippen LogP contribution in [0, 0.1) is 0 Å². The van der Waals surface area contributed by atoms with E-state index in [1.54, 1.807) is 54.6 Å². The molecule has 0 bridgehead atoms. The van der Waals surface area contributed by atoms with E-state index in [2.05, 4.69) is 21.2 Å². The molecular weight excluding hydrogens is 635 g/mol. The van der Waals surface area contributed by atoms with Crippen molar-refractivity contribution >= 4 is 55.1 Å². The van der Waals surface area contributed by atoms with Crippen molar-refractivity contribution in [1.29, 1.82) is 0 Å². The molecule has 13 heteroatoms. The molecule has 3 aromatic carbocycles. The van der Waals surface area contributed by atoms with Crippen molar-refractivity contribution in [3.05, 3.63) is 99.0 Å². The topological polar surface area (TPSA) is 86.8 Å². The minimum Gasteiger partial charge on any atom is -0.357 e. The third-order valence-corrected chi connectivity index (χ3v) is 7.92. The summed E-state index contributed by atoms with van der Waals surface area (Å²) >= 11 is 9.51. The van der Waals surface area contributed by atoms with Crippen LogP contribution in [0.5, 0.6) is 0 Å². The molecule has 0 aliphatic rings. The van der Waals surface area contributed by atoms with Crippen LogP contribution in [-0.2, 0) is 38.8 Å². The standard InChI is InChI=1S/C27H26BrClF3N3O4S/c1-33-26(37)24(14-18-7-4-3-5-8-18)34(16-19-9-6-10-21(28)13-19)25(36)17-35(40(2,38)39)23-15-20(27(30,31)32)11-12-22(23)29/h3-13,15,24H,14,16-17H2,1-2H3,(H,33,37)/t24-/m1/s1. The van der Waals surface area contributed by atoms with E-state index in [1.807, 2.05) is 0 Å². The van der Waals surface area contributed by atoms with Crippen molar-refractivity contribution in [2.45, 2.75) is 25.2 Å². The Morgan fingerprint density at radius 2 is 1.65 bits per heavy atom. The number of carbonyl (C=O) groups is 2. The van der Waals surface area contributed by atoms with Crippen LogP contribution in [0.25, 0.3) is 0 Å². The number of likely N-dealkylation sites (N-methyl/N-ethyl adjacent to an activating group) is 1. The molecular formula is C27H26BrClF3N3O4S. The minimum atomic E-state index is -4.78. The number of nitrogens with one attached hydrogen (secondary N) is 1. The van der Waals surface area contributed by atoms with Crippen LogP contribution in [0.4, 0.5) is 18.9 Å². The number of alkyl halides is 3. The Morgan fingerprint density at radius 3 is 2.23 bits per heavy atom. The van der Waals surface area contributed by atoms with Crippen molar-refractivity contribution in [3.8, 4) is 0 Å². The molecule has 0 heterocycles. The van der Waals surface area contributed by atoms with E-state index in [0.717, 1.165) is 24.0 Å². The van der Waals surface area contributed by atoms with E-state index in [9.17, 15) is 31.2 Å². The molecule has 3 aromatic rings. The maximum Gasteiger partial charge on any atom is 0.416 e. The van der Waals surface area contributed by atoms with Crippen molar-refractivity contribution in [3.63, 3.8) is 0 Å². The van der Waals surface area contributed by atoms with Crippen LogP contribution >= 0.6 is 27.5 Å². The smallest absolute Gasteiger partial charge is 0.357 e. The summed E-state index contributed by atoms with van der Waals surface area (Å²) in [6.45, 7) is -0.979. The van der Waals surface area contributed by atoms with Crippen LogP contribution in [0.1, 0.15) is 16.7 Å². The van der Waals surface area contributed by atoms with Gasteiger partial charge in [-0.1, -0.05) is 70.0 Å². The highest BCUT2D eigenvalue weighted by Gasteiger charge is 2.35. The van der Waals surface area contributed by atoms with Gasteiger partial charge in [0.1, 0.15) is 12.6 Å². The highest BCUT2D eigenvalue weighted by Crippen LogP contribution is 2.36. The SMILES string of the molecule is CNC(=O)[C@@H](Cc1ccccc1)N(Cc1cccc(Br)c1)C(=O)CN(c1cc(C(F)(F)F)ccc1Cl)S(C)(=O)=O. The van der Waals surface area contributed by atoms with Gasteiger partial charge in [-0.2, -0.15) is 13.2 Å². The van der Waals surface area contributed by atoms with E-state index in [1.165, 1.54) is 11.9 Å². The van der Waals surface area contributed by atoms with E-state index >= 15 is 0 Å². The summed E-state index contributed by atoms with van der Waals surface area (Å²) in [5, 5.41) is 2.25. The first-order chi connectivity index (χ1) is 18.7. The predicted molar refractivity (Wildman–Crippen MR) is 151 cm³/mol. The van der Waals surface area contributed by atoms with Crippen LogP contribution < -0.4 is 9.62 Å². The second-order valence-electron chi connectivity index (χ2n) is 8.90. The molecule has 0 saturated heterocycles. The lowest BCUT2D eigenvalue weighted by atomic mass is 10.0. The minimum absolute atomic E-state index is 0.0862. The van der Waals surface area contributed by atoms with Gasteiger partial charge in [0.15, 0.2) is 0 Å². The molecule has 1 atom stereocenters. The number of hydrogen-bond donors (Lipinski definition) is 1. The maximum atomic E-state index is 13.9. The Balaban J connectivity index is 2.09. The van der Waals surface area contributed by atoms with Gasteiger partial charge in [0, 0.05) is 24.5 Å². The first-order valence-electron chi connectivity index (χ1n) is 11.8. The maximum absolute atomic E-state index is 13.9. The molecule has 0 saturated carbocycles. The Hall–Kier alpha value is -3.09. The van der Waals surface area contributed by atoms with Gasteiger partial charge in [0.2, 0.25) is 21.8 Å². The Bertz CT molecular complexity index is 1470. The molecule has 0 aromatic heterocycles. The third-order valence-electron chi connectivity index (χ3n) is 5.98. The monoisotopic (exact) mass is 659 g/mol. The average molecular weight is 661 g/mol. The summed E-state index contributed by atoms with van der Waals surface area (Å²) in [5.41, 5.74) is -0.266. The zero-order chi connectivity index (χ0) is 29.7. The fourth-order valence-corrected chi connectivity index (χ4v) is 5.60. The summed E-state index contributed by atoms with van der Waals surface area (Å²) in [7, 11) is -2.89. The Labute approximate surface area is 244 Å². The van der Waals surface area contributed by atoms with E-state index in [4.69, 9.17) is 11.6 Å². The molecule has 40 heavy (non-hydrogen) atoms. The summed E-state index contributed by atoms with van der Waals surface area (Å²) in [6, 6.07) is 17.0. The van der Waals surface area contributed by atoms with Gasteiger partial charge >= 0.3 is 6.18 Å². The first kappa shape index (κ1) is 31.4. The zero-order valence-electron chi connectivity index (χ0n) is 21.5. The lowest BCUT2D eigenvalue weighted by Crippen LogP contribution is -2.53. The summed E-state index contributed by atoms with van der Waals surface area (Å²) < 4.78 is 67.1. The van der Waals surface area contributed by atoms with Gasteiger partial charge < -0.3 is 10.2 Å². The van der Waals surface area contributed by atoms with Crippen LogP contribution in [0.2, 0.25) is 5.02 Å². The molecule has 0 radical (unpaired) electrons. The summed E-state index contributed by atoms with van der Waals surface area (Å²) in [6.07, 6.45) is -3.92. The molecule has 0 unspecified atom stereocenters. The van der Waals surface area contributed by atoms with Gasteiger partial charge in [-0.05, 0) is 41.5 Å². The molecule has 0 aliphatic carbocycles. The number of sulfonamides is 1. The lowest BCUT2D eigenvalue weighted by molar-refractivity contribution is -0.139. The summed E-state index contributed by atoms with van der Waals surface area (Å²) in [4.78, 5) is 28.2. The molecule has 7 nitrogen and oxygen atoms in total. The molecule has 0 fully saturated rings. The highest BCUT2D eigenvalue weighted by molar-refractivity contribution is 9.10. The quantitative estimate of drug-likeness (QED) is 0.321. The van der Waals surface area contributed by atoms with E-state index in [-0.39, 0.29) is 18.0 Å². The number of carbonyl (C=O) groups excluding carboxylic acids is 2. The van der Waals surface area contributed by atoms with E-state index < -0.39 is 51.9 Å². The Kier molecular flexibility index (Phi) is 10.3. The number of benzene rings is 3. The molecule has 0 aliphatic heterocycles. The summed E-state index contributed by atoms with van der Waals surface area (Å²) in [5.74, 6) is -1.32. The third kappa shape index (κ3) is 8.21. The average Bonchev–Trinajstić information content (AvgIpc) is 2.88. The van der Waals surface area contributed by atoms with Crippen LogP contribution in [0.3, 0.4) is 0 Å². The number of anilines is 1. The molecule has 3 rings (SSSR count). The van der Waals surface area contributed by atoms with Crippen molar-refractivity contribution in [2.24, 2.45) is 0 Å². The van der Waals surface area contributed by atoms with Gasteiger partial charge in [0.25, 0.3) is 0 Å². The molecule has 0 spiro atoms. The second kappa shape index (κ2) is 13.0. The molecule has 1 N–H and O–H groups in total. The van der Waals surface area contributed by atoms with Crippen molar-refractivity contribution in [1.82, 2.24) is 10.2 Å². The van der Waals surface area contributed by atoms with Gasteiger partial charge in [-0.15, -0.1) is 0 Å². The Morgan fingerprint density at radius 1 is 1.00 bits per heavy atom. The van der Waals surface area contributed by atoms with Crippen LogP contribution in [0.15, 0.2) is 77.3 Å². The number of halogens is 5. The van der Waals surface area contributed by atoms with Gasteiger partial charge in [-0.25, -0.2) is 8.42 Å². The highest BCUT2D eigenvalue weighted by atomic mass is 79.9.